The van der Waals surface area contributed by atoms with Crippen molar-refractivity contribution >= 4 is 11.8 Å². The van der Waals surface area contributed by atoms with Crippen LogP contribution in [-0.2, 0) is 6.18 Å². The van der Waals surface area contributed by atoms with Crippen LogP contribution < -0.4 is 0 Å². The van der Waals surface area contributed by atoms with Crippen LogP contribution in [0.25, 0.3) is 5.69 Å². The second kappa shape index (κ2) is 4.40. The van der Waals surface area contributed by atoms with Crippen molar-refractivity contribution in [3.05, 3.63) is 36.2 Å². The van der Waals surface area contributed by atoms with Crippen molar-refractivity contribution < 1.29 is 13.2 Å². The molecule has 0 aliphatic rings. The molecule has 0 spiro atoms. The third-order valence-electron chi connectivity index (χ3n) is 2.14. The van der Waals surface area contributed by atoms with Gasteiger partial charge in [0, 0.05) is 4.90 Å². The number of alkyl halides is 3. The predicted octanol–water partition coefficient (Wildman–Crippen LogP) is 3.01. The fourth-order valence-electron chi connectivity index (χ4n) is 1.38. The molecule has 0 unspecified atom stereocenters. The summed E-state index contributed by atoms with van der Waals surface area (Å²) in [4.78, 5) is 1.51. The largest absolute Gasteiger partial charge is 0.418 e. The minimum absolute atomic E-state index is 0.0692. The molecule has 0 atom stereocenters. The van der Waals surface area contributed by atoms with Crippen LogP contribution in [0.4, 0.5) is 13.2 Å². The molecule has 0 saturated carbocycles. The number of hydrogen-bond donors (Lipinski definition) is 0. The molecular weight excluding hydrogens is 251 g/mol. The van der Waals surface area contributed by atoms with E-state index >= 15 is 0 Å². The maximum Gasteiger partial charge on any atom is 0.418 e. The average molecular weight is 259 g/mol. The van der Waals surface area contributed by atoms with E-state index in [0.717, 1.165) is 10.9 Å². The second-order valence-corrected chi connectivity index (χ2v) is 4.08. The zero-order chi connectivity index (χ0) is 12.5. The summed E-state index contributed by atoms with van der Waals surface area (Å²) in [5.74, 6) is 0. The third-order valence-corrected chi connectivity index (χ3v) is 2.87. The van der Waals surface area contributed by atoms with Gasteiger partial charge < -0.3 is 0 Å². The SMILES string of the molecule is CSc1ccc(-n2nccn2)c(C(F)(F)F)c1. The van der Waals surface area contributed by atoms with E-state index in [1.807, 2.05) is 0 Å². The highest BCUT2D eigenvalue weighted by Gasteiger charge is 2.34. The Morgan fingerprint density at radius 2 is 1.82 bits per heavy atom. The van der Waals surface area contributed by atoms with Crippen molar-refractivity contribution in [2.24, 2.45) is 0 Å². The molecule has 1 heterocycles. The van der Waals surface area contributed by atoms with Crippen LogP contribution >= 0.6 is 11.8 Å². The Labute approximate surface area is 99.6 Å². The molecule has 2 aromatic rings. The Balaban J connectivity index is 2.59. The normalized spacial score (nSPS) is 11.8. The van der Waals surface area contributed by atoms with Gasteiger partial charge in [0.1, 0.15) is 0 Å². The summed E-state index contributed by atoms with van der Waals surface area (Å²) in [6.07, 6.45) is -0.0265. The second-order valence-electron chi connectivity index (χ2n) is 3.20. The molecule has 1 aromatic carbocycles. The van der Waals surface area contributed by atoms with Crippen LogP contribution in [-0.4, -0.2) is 21.2 Å². The first-order chi connectivity index (χ1) is 8.02. The lowest BCUT2D eigenvalue weighted by Crippen LogP contribution is -2.12. The van der Waals surface area contributed by atoms with Crippen molar-refractivity contribution in [2.75, 3.05) is 6.26 Å². The van der Waals surface area contributed by atoms with Crippen LogP contribution in [0.2, 0.25) is 0 Å². The number of rotatable bonds is 2. The van der Waals surface area contributed by atoms with Crippen molar-refractivity contribution in [1.82, 2.24) is 15.0 Å². The van der Waals surface area contributed by atoms with Crippen molar-refractivity contribution in [3.63, 3.8) is 0 Å². The minimum atomic E-state index is -4.42. The zero-order valence-electron chi connectivity index (χ0n) is 8.77. The Bertz CT molecular complexity index is 508. The molecule has 0 N–H and O–H groups in total. The van der Waals surface area contributed by atoms with Crippen molar-refractivity contribution in [2.45, 2.75) is 11.1 Å². The van der Waals surface area contributed by atoms with E-state index in [-0.39, 0.29) is 5.69 Å². The van der Waals surface area contributed by atoms with Crippen LogP contribution in [0.5, 0.6) is 0 Å². The molecule has 3 nitrogen and oxygen atoms in total. The monoisotopic (exact) mass is 259 g/mol. The summed E-state index contributed by atoms with van der Waals surface area (Å²) >= 11 is 1.25. The molecule has 7 heteroatoms. The summed E-state index contributed by atoms with van der Waals surface area (Å²) in [5, 5.41) is 7.43. The third kappa shape index (κ3) is 2.44. The van der Waals surface area contributed by atoms with E-state index in [0.29, 0.717) is 4.90 Å². The van der Waals surface area contributed by atoms with Crippen molar-refractivity contribution in [1.29, 1.82) is 0 Å². The van der Waals surface area contributed by atoms with E-state index in [9.17, 15) is 13.2 Å². The van der Waals surface area contributed by atoms with Gasteiger partial charge in [-0.05, 0) is 24.5 Å². The number of thioether (sulfide) groups is 1. The molecule has 17 heavy (non-hydrogen) atoms. The molecular formula is C10H8F3N3S. The van der Waals surface area contributed by atoms with Gasteiger partial charge in [0.25, 0.3) is 0 Å². The summed E-state index contributed by atoms with van der Waals surface area (Å²) in [6, 6.07) is 4.08. The maximum atomic E-state index is 12.9. The molecule has 0 radical (unpaired) electrons. The Hall–Kier alpha value is -1.50. The van der Waals surface area contributed by atoms with E-state index in [1.54, 1.807) is 12.3 Å². The zero-order valence-corrected chi connectivity index (χ0v) is 9.59. The average Bonchev–Trinajstić information content (AvgIpc) is 2.80. The lowest BCUT2D eigenvalue weighted by molar-refractivity contribution is -0.137. The van der Waals surface area contributed by atoms with Gasteiger partial charge in [-0.1, -0.05) is 0 Å². The summed E-state index contributed by atoms with van der Waals surface area (Å²) in [7, 11) is 0. The minimum Gasteiger partial charge on any atom is -0.166 e. The first-order valence-corrected chi connectivity index (χ1v) is 5.87. The summed E-state index contributed by atoms with van der Waals surface area (Å²) in [6.45, 7) is 0. The molecule has 0 fully saturated rings. The lowest BCUT2D eigenvalue weighted by atomic mass is 10.2. The number of nitrogens with zero attached hydrogens (tertiary/aromatic N) is 3. The van der Waals surface area contributed by atoms with Crippen LogP contribution in [0.1, 0.15) is 5.56 Å². The Kier molecular flexibility index (Phi) is 3.10. The highest BCUT2D eigenvalue weighted by molar-refractivity contribution is 7.98. The van der Waals surface area contributed by atoms with Gasteiger partial charge in [-0.25, -0.2) is 0 Å². The Morgan fingerprint density at radius 3 is 2.35 bits per heavy atom. The van der Waals surface area contributed by atoms with Gasteiger partial charge in [-0.3, -0.25) is 0 Å². The maximum absolute atomic E-state index is 12.9. The van der Waals surface area contributed by atoms with Crippen LogP contribution in [0.3, 0.4) is 0 Å². The van der Waals surface area contributed by atoms with Crippen LogP contribution in [0, 0.1) is 0 Å². The number of aromatic nitrogens is 3. The van der Waals surface area contributed by atoms with Crippen molar-refractivity contribution in [3.8, 4) is 5.69 Å². The molecule has 1 aromatic heterocycles. The fraction of sp³-hybridized carbons (Fsp3) is 0.200. The van der Waals surface area contributed by atoms with E-state index < -0.39 is 11.7 Å². The number of hydrogen-bond acceptors (Lipinski definition) is 3. The van der Waals surface area contributed by atoms with E-state index in [1.165, 1.54) is 30.2 Å². The highest BCUT2D eigenvalue weighted by atomic mass is 32.2. The molecule has 0 bridgehead atoms. The van der Waals surface area contributed by atoms with E-state index in [4.69, 9.17) is 0 Å². The summed E-state index contributed by atoms with van der Waals surface area (Å²) in [5.41, 5.74) is -0.805. The van der Waals surface area contributed by atoms with Crippen LogP contribution in [0.15, 0.2) is 35.5 Å². The quantitative estimate of drug-likeness (QED) is 0.777. The van der Waals surface area contributed by atoms with E-state index in [2.05, 4.69) is 10.2 Å². The molecule has 0 aliphatic heterocycles. The fourth-order valence-corrected chi connectivity index (χ4v) is 1.82. The molecule has 0 saturated heterocycles. The number of halogens is 3. The standard InChI is InChI=1S/C10H8F3N3S/c1-17-7-2-3-9(16-14-4-5-15-16)8(6-7)10(11,12)13/h2-6H,1H3. The van der Waals surface area contributed by atoms with Gasteiger partial charge >= 0.3 is 6.18 Å². The highest BCUT2D eigenvalue weighted by Crippen LogP contribution is 2.35. The number of benzene rings is 1. The first kappa shape index (κ1) is 12.0. The van der Waals surface area contributed by atoms with Gasteiger partial charge in [0.05, 0.1) is 23.6 Å². The predicted molar refractivity (Wildman–Crippen MR) is 58.1 cm³/mol. The Morgan fingerprint density at radius 1 is 1.18 bits per heavy atom. The first-order valence-electron chi connectivity index (χ1n) is 4.64. The van der Waals surface area contributed by atoms with Gasteiger partial charge in [-0.15, -0.1) is 11.8 Å². The van der Waals surface area contributed by atoms with Gasteiger partial charge in [-0.2, -0.15) is 28.2 Å². The molecule has 0 aliphatic carbocycles. The summed E-state index contributed by atoms with van der Waals surface area (Å²) < 4.78 is 38.6. The molecule has 2 rings (SSSR count). The lowest BCUT2D eigenvalue weighted by Gasteiger charge is -2.12. The van der Waals surface area contributed by atoms with Gasteiger partial charge in [0.2, 0.25) is 0 Å². The molecule has 0 amide bonds. The smallest absolute Gasteiger partial charge is 0.166 e. The topological polar surface area (TPSA) is 30.7 Å². The van der Waals surface area contributed by atoms with Gasteiger partial charge in [0.15, 0.2) is 0 Å². The molecule has 90 valence electrons.